The molecule has 0 aliphatic carbocycles. The third-order valence-corrected chi connectivity index (χ3v) is 4.62. The van der Waals surface area contributed by atoms with E-state index in [0.29, 0.717) is 0 Å². The Balaban J connectivity index is 1.85. The molecule has 0 aliphatic heterocycles. The third-order valence-electron chi connectivity index (χ3n) is 2.53. The second kappa shape index (κ2) is 5.95. The van der Waals surface area contributed by atoms with Crippen molar-refractivity contribution in [1.29, 1.82) is 0 Å². The molecule has 0 N–H and O–H groups in total. The Bertz CT molecular complexity index is 633. The van der Waals surface area contributed by atoms with E-state index in [9.17, 15) is 0 Å². The highest BCUT2D eigenvalue weighted by atomic mass is 32.2. The van der Waals surface area contributed by atoms with Crippen LogP contribution in [0.1, 0.15) is 0 Å². The van der Waals surface area contributed by atoms with Crippen molar-refractivity contribution in [1.82, 2.24) is 0 Å². The molecule has 1 heterocycles. The molecule has 0 saturated carbocycles. The Morgan fingerprint density at radius 2 is 1.58 bits per heavy atom. The summed E-state index contributed by atoms with van der Waals surface area (Å²) < 4.78 is 7.21. The maximum Gasteiger partial charge on any atom is 0.141 e. The fourth-order valence-corrected chi connectivity index (χ4v) is 3.46. The lowest BCUT2D eigenvalue weighted by Gasteiger charge is -2.09. The Morgan fingerprint density at radius 3 is 2.37 bits per heavy atom. The normalized spacial score (nSPS) is 10.3. The molecule has 3 aromatic rings. The summed E-state index contributed by atoms with van der Waals surface area (Å²) >= 11 is 3.47. The predicted molar refractivity (Wildman–Crippen MR) is 81.4 cm³/mol. The fourth-order valence-electron chi connectivity index (χ4n) is 1.66. The van der Waals surface area contributed by atoms with Gasteiger partial charge in [0.15, 0.2) is 0 Å². The Hall–Kier alpha value is -1.71. The van der Waals surface area contributed by atoms with Crippen molar-refractivity contribution in [3.05, 3.63) is 72.1 Å². The summed E-state index contributed by atoms with van der Waals surface area (Å²) in [5.74, 6) is 1.76. The quantitative estimate of drug-likeness (QED) is 0.608. The number of rotatable bonds is 4. The average Bonchev–Trinajstić information content (AvgIpc) is 2.95. The number of para-hydroxylation sites is 2. The van der Waals surface area contributed by atoms with Crippen LogP contribution in [0.4, 0.5) is 0 Å². The van der Waals surface area contributed by atoms with Crippen molar-refractivity contribution in [2.45, 2.75) is 9.10 Å². The van der Waals surface area contributed by atoms with Gasteiger partial charge in [-0.2, -0.15) is 0 Å². The molecular weight excluding hydrogens is 272 g/mol. The minimum Gasteiger partial charge on any atom is -0.456 e. The second-order valence-corrected chi connectivity index (χ2v) is 6.19. The van der Waals surface area contributed by atoms with Gasteiger partial charge < -0.3 is 4.74 Å². The molecule has 0 saturated heterocycles. The van der Waals surface area contributed by atoms with E-state index in [1.54, 1.807) is 23.1 Å². The first-order valence-corrected chi connectivity index (χ1v) is 7.65. The van der Waals surface area contributed by atoms with Crippen LogP contribution >= 0.6 is 23.1 Å². The first kappa shape index (κ1) is 12.3. The van der Waals surface area contributed by atoms with Gasteiger partial charge in [0.1, 0.15) is 11.5 Å². The Kier molecular flexibility index (Phi) is 3.86. The molecule has 3 rings (SSSR count). The molecule has 0 atom stereocenters. The topological polar surface area (TPSA) is 9.23 Å². The van der Waals surface area contributed by atoms with Gasteiger partial charge in [-0.05, 0) is 35.7 Å². The van der Waals surface area contributed by atoms with Gasteiger partial charge in [0.05, 0.1) is 9.10 Å². The summed E-state index contributed by atoms with van der Waals surface area (Å²) in [5.41, 5.74) is 0. The van der Waals surface area contributed by atoms with Crippen LogP contribution < -0.4 is 4.74 Å². The standard InChI is InChI=1S/C16H12OS2/c1-2-7-13(8-3-1)17-14-9-4-5-10-15(14)19-16-11-6-12-18-16/h1-12H. The fraction of sp³-hybridized carbons (Fsp3) is 0. The van der Waals surface area contributed by atoms with Gasteiger partial charge >= 0.3 is 0 Å². The molecule has 0 radical (unpaired) electrons. The zero-order chi connectivity index (χ0) is 12.9. The van der Waals surface area contributed by atoms with Gasteiger partial charge in [0.25, 0.3) is 0 Å². The van der Waals surface area contributed by atoms with Crippen molar-refractivity contribution >= 4 is 23.1 Å². The van der Waals surface area contributed by atoms with Gasteiger partial charge in [0, 0.05) is 0 Å². The molecule has 19 heavy (non-hydrogen) atoms. The van der Waals surface area contributed by atoms with Crippen molar-refractivity contribution in [2.24, 2.45) is 0 Å². The van der Waals surface area contributed by atoms with E-state index in [2.05, 4.69) is 23.6 Å². The number of thiophene rings is 1. The zero-order valence-corrected chi connectivity index (χ0v) is 11.8. The first-order chi connectivity index (χ1) is 9.42. The highest BCUT2D eigenvalue weighted by Crippen LogP contribution is 2.38. The van der Waals surface area contributed by atoms with Crippen molar-refractivity contribution in [3.8, 4) is 11.5 Å². The van der Waals surface area contributed by atoms with E-state index < -0.39 is 0 Å². The molecule has 0 fully saturated rings. The molecule has 2 aromatic carbocycles. The minimum absolute atomic E-state index is 0.863. The summed E-state index contributed by atoms with van der Waals surface area (Å²) in [5, 5.41) is 2.09. The molecular formula is C16H12OS2. The summed E-state index contributed by atoms with van der Waals surface area (Å²) in [4.78, 5) is 1.13. The molecule has 0 amide bonds. The summed E-state index contributed by atoms with van der Waals surface area (Å²) in [6.07, 6.45) is 0. The van der Waals surface area contributed by atoms with Crippen LogP contribution in [-0.2, 0) is 0 Å². The lowest BCUT2D eigenvalue weighted by molar-refractivity contribution is 0.471. The van der Waals surface area contributed by atoms with Crippen molar-refractivity contribution < 1.29 is 4.74 Å². The van der Waals surface area contributed by atoms with E-state index in [-0.39, 0.29) is 0 Å². The first-order valence-electron chi connectivity index (χ1n) is 5.95. The predicted octanol–water partition coefficient (Wildman–Crippen LogP) is 5.69. The van der Waals surface area contributed by atoms with Crippen LogP contribution in [-0.4, -0.2) is 0 Å². The van der Waals surface area contributed by atoms with E-state index >= 15 is 0 Å². The lowest BCUT2D eigenvalue weighted by Crippen LogP contribution is -1.85. The number of benzene rings is 2. The minimum atomic E-state index is 0.863. The SMILES string of the molecule is c1ccc(Oc2ccccc2Sc2cccs2)cc1. The zero-order valence-electron chi connectivity index (χ0n) is 10.2. The van der Waals surface area contributed by atoms with E-state index in [1.165, 1.54) is 4.21 Å². The van der Waals surface area contributed by atoms with E-state index in [0.717, 1.165) is 16.4 Å². The Morgan fingerprint density at radius 1 is 0.789 bits per heavy atom. The Labute approximate surface area is 120 Å². The number of hydrogen-bond donors (Lipinski definition) is 0. The van der Waals surface area contributed by atoms with Crippen LogP contribution in [0, 0.1) is 0 Å². The van der Waals surface area contributed by atoms with E-state index in [4.69, 9.17) is 4.74 Å². The van der Waals surface area contributed by atoms with E-state index in [1.807, 2.05) is 48.5 Å². The maximum absolute atomic E-state index is 5.94. The van der Waals surface area contributed by atoms with Gasteiger partial charge in [-0.1, -0.05) is 48.2 Å². The van der Waals surface area contributed by atoms with Gasteiger partial charge in [-0.15, -0.1) is 11.3 Å². The molecule has 0 unspecified atom stereocenters. The second-order valence-electron chi connectivity index (χ2n) is 3.90. The molecule has 3 heteroatoms. The highest BCUT2D eigenvalue weighted by Gasteiger charge is 2.06. The average molecular weight is 284 g/mol. The maximum atomic E-state index is 5.94. The number of ether oxygens (including phenoxy) is 1. The van der Waals surface area contributed by atoms with Crippen LogP contribution in [0.2, 0.25) is 0 Å². The summed E-state index contributed by atoms with van der Waals surface area (Å²) in [7, 11) is 0. The molecule has 0 spiro atoms. The third kappa shape index (κ3) is 3.19. The number of hydrogen-bond acceptors (Lipinski definition) is 3. The highest BCUT2D eigenvalue weighted by molar-refractivity contribution is 8.01. The summed E-state index contributed by atoms with van der Waals surface area (Å²) in [6.45, 7) is 0. The summed E-state index contributed by atoms with van der Waals surface area (Å²) in [6, 6.07) is 22.2. The van der Waals surface area contributed by atoms with Gasteiger partial charge in [-0.3, -0.25) is 0 Å². The van der Waals surface area contributed by atoms with Crippen molar-refractivity contribution in [2.75, 3.05) is 0 Å². The van der Waals surface area contributed by atoms with Crippen LogP contribution in [0.25, 0.3) is 0 Å². The largest absolute Gasteiger partial charge is 0.456 e. The van der Waals surface area contributed by atoms with Crippen LogP contribution in [0.5, 0.6) is 11.5 Å². The molecule has 0 bridgehead atoms. The van der Waals surface area contributed by atoms with Crippen molar-refractivity contribution in [3.63, 3.8) is 0 Å². The molecule has 1 nitrogen and oxygen atoms in total. The van der Waals surface area contributed by atoms with Crippen LogP contribution in [0.3, 0.4) is 0 Å². The smallest absolute Gasteiger partial charge is 0.141 e. The van der Waals surface area contributed by atoms with Gasteiger partial charge in [0.2, 0.25) is 0 Å². The van der Waals surface area contributed by atoms with Gasteiger partial charge in [-0.25, -0.2) is 0 Å². The monoisotopic (exact) mass is 284 g/mol. The van der Waals surface area contributed by atoms with Crippen LogP contribution in [0.15, 0.2) is 81.2 Å². The lowest BCUT2D eigenvalue weighted by atomic mass is 10.3. The molecule has 0 aliphatic rings. The molecule has 94 valence electrons. The molecule has 1 aromatic heterocycles.